The van der Waals surface area contributed by atoms with Gasteiger partial charge in [0.25, 0.3) is 0 Å². The smallest absolute Gasteiger partial charge is 0.146 e. The Morgan fingerprint density at radius 3 is 1.81 bits per heavy atom. The summed E-state index contributed by atoms with van der Waals surface area (Å²) in [6, 6.07) is 23.5. The summed E-state index contributed by atoms with van der Waals surface area (Å²) in [6.07, 6.45) is 1.63. The molecule has 0 unspecified atom stereocenters. The highest BCUT2D eigenvalue weighted by Gasteiger charge is 2.09. The minimum absolute atomic E-state index is 0.511. The van der Waals surface area contributed by atoms with Gasteiger partial charge < -0.3 is 29.6 Å². The number of nitrogens with one attached hydrogen (secondary N) is 2. The van der Waals surface area contributed by atoms with Crippen LogP contribution in [-0.4, -0.2) is 57.7 Å². The Morgan fingerprint density at radius 1 is 0.730 bits per heavy atom. The SMILES string of the molecule is Cc1cc(NCCCOCCOc2ccccc2)nc(NCCCOCCOc2ccccc2)c1C#N. The lowest BCUT2D eigenvalue weighted by molar-refractivity contribution is 0.0999. The molecule has 8 heteroatoms. The van der Waals surface area contributed by atoms with E-state index in [2.05, 4.69) is 21.7 Å². The molecule has 2 N–H and O–H groups in total. The molecule has 0 saturated carbocycles. The van der Waals surface area contributed by atoms with E-state index in [0.717, 1.165) is 42.3 Å². The largest absolute Gasteiger partial charge is 0.491 e. The number of hydrogen-bond acceptors (Lipinski definition) is 8. The monoisotopic (exact) mass is 504 g/mol. The molecule has 1 aromatic heterocycles. The Morgan fingerprint density at radius 2 is 1.27 bits per heavy atom. The van der Waals surface area contributed by atoms with Crippen LogP contribution in [0.4, 0.5) is 11.6 Å². The van der Waals surface area contributed by atoms with Crippen LogP contribution in [0.25, 0.3) is 0 Å². The third-order valence-corrected chi connectivity index (χ3v) is 5.34. The highest BCUT2D eigenvalue weighted by atomic mass is 16.5. The van der Waals surface area contributed by atoms with Crippen molar-refractivity contribution in [2.24, 2.45) is 0 Å². The van der Waals surface area contributed by atoms with Gasteiger partial charge in [-0.05, 0) is 55.7 Å². The van der Waals surface area contributed by atoms with Crippen molar-refractivity contribution in [3.05, 3.63) is 77.9 Å². The van der Waals surface area contributed by atoms with Crippen LogP contribution in [0.1, 0.15) is 24.0 Å². The van der Waals surface area contributed by atoms with E-state index in [1.54, 1.807) is 0 Å². The molecule has 0 atom stereocenters. The molecule has 8 nitrogen and oxygen atoms in total. The van der Waals surface area contributed by atoms with Crippen LogP contribution in [0.2, 0.25) is 0 Å². The normalized spacial score (nSPS) is 10.5. The number of nitriles is 1. The maximum Gasteiger partial charge on any atom is 0.146 e. The second-order valence-electron chi connectivity index (χ2n) is 8.27. The van der Waals surface area contributed by atoms with Crippen LogP contribution in [0, 0.1) is 18.3 Å². The maximum absolute atomic E-state index is 9.56. The van der Waals surface area contributed by atoms with Crippen LogP contribution < -0.4 is 20.1 Å². The van der Waals surface area contributed by atoms with E-state index in [1.807, 2.05) is 73.7 Å². The summed E-state index contributed by atoms with van der Waals surface area (Å²) < 4.78 is 22.5. The molecular weight excluding hydrogens is 468 g/mol. The van der Waals surface area contributed by atoms with Crippen LogP contribution in [0.15, 0.2) is 66.7 Å². The van der Waals surface area contributed by atoms with E-state index in [4.69, 9.17) is 18.9 Å². The van der Waals surface area contributed by atoms with Crippen molar-refractivity contribution in [3.63, 3.8) is 0 Å². The molecule has 0 aliphatic heterocycles. The summed E-state index contributed by atoms with van der Waals surface area (Å²) in [5, 5.41) is 16.2. The fourth-order valence-electron chi connectivity index (χ4n) is 3.48. The third kappa shape index (κ3) is 10.8. The first kappa shape index (κ1) is 27.8. The minimum atomic E-state index is 0.511. The lowest BCUT2D eigenvalue weighted by Crippen LogP contribution is -2.13. The van der Waals surface area contributed by atoms with Crippen LogP contribution in [-0.2, 0) is 9.47 Å². The van der Waals surface area contributed by atoms with Crippen molar-refractivity contribution >= 4 is 11.6 Å². The number of para-hydroxylation sites is 2. The summed E-state index contributed by atoms with van der Waals surface area (Å²) in [6.45, 7) is 6.62. The van der Waals surface area contributed by atoms with Crippen molar-refractivity contribution in [1.29, 1.82) is 5.26 Å². The van der Waals surface area contributed by atoms with Gasteiger partial charge in [-0.15, -0.1) is 0 Å². The zero-order valence-corrected chi connectivity index (χ0v) is 21.4. The molecule has 3 rings (SSSR count). The quantitative estimate of drug-likeness (QED) is 0.232. The summed E-state index contributed by atoms with van der Waals surface area (Å²) in [5.41, 5.74) is 1.44. The molecule has 0 bridgehead atoms. The predicted molar refractivity (Wildman–Crippen MR) is 145 cm³/mol. The fraction of sp³-hybridized carbons (Fsp3) is 0.379. The number of benzene rings is 2. The van der Waals surface area contributed by atoms with Crippen molar-refractivity contribution in [3.8, 4) is 17.6 Å². The predicted octanol–water partition coefficient (Wildman–Crippen LogP) is 5.06. The van der Waals surface area contributed by atoms with E-state index < -0.39 is 0 Å². The van der Waals surface area contributed by atoms with Crippen molar-refractivity contribution in [2.45, 2.75) is 19.8 Å². The molecule has 0 saturated heterocycles. The molecule has 1 heterocycles. The zero-order valence-electron chi connectivity index (χ0n) is 21.4. The van der Waals surface area contributed by atoms with Crippen LogP contribution >= 0.6 is 0 Å². The molecule has 0 spiro atoms. The van der Waals surface area contributed by atoms with Gasteiger partial charge in [0.1, 0.15) is 42.4 Å². The number of hydrogen-bond donors (Lipinski definition) is 2. The molecule has 196 valence electrons. The zero-order chi connectivity index (χ0) is 26.0. The second-order valence-corrected chi connectivity index (χ2v) is 8.27. The van der Waals surface area contributed by atoms with Gasteiger partial charge in [0.2, 0.25) is 0 Å². The number of rotatable bonds is 18. The first-order valence-corrected chi connectivity index (χ1v) is 12.7. The van der Waals surface area contributed by atoms with Crippen molar-refractivity contribution in [2.75, 3.05) is 63.4 Å². The molecule has 0 amide bonds. The maximum atomic E-state index is 9.56. The fourth-order valence-corrected chi connectivity index (χ4v) is 3.48. The molecular formula is C29H36N4O4. The topological polar surface area (TPSA) is 97.7 Å². The van der Waals surface area contributed by atoms with E-state index in [-0.39, 0.29) is 0 Å². The minimum Gasteiger partial charge on any atom is -0.491 e. The van der Waals surface area contributed by atoms with Gasteiger partial charge in [0, 0.05) is 26.3 Å². The van der Waals surface area contributed by atoms with Crippen LogP contribution in [0.5, 0.6) is 11.5 Å². The Balaban J connectivity index is 1.28. The molecule has 2 aromatic carbocycles. The Labute approximate surface area is 219 Å². The number of ether oxygens (including phenoxy) is 4. The average Bonchev–Trinajstić information content (AvgIpc) is 2.92. The van der Waals surface area contributed by atoms with E-state index in [9.17, 15) is 5.26 Å². The first-order valence-electron chi connectivity index (χ1n) is 12.7. The van der Waals surface area contributed by atoms with Gasteiger partial charge in [-0.25, -0.2) is 4.98 Å². The molecule has 0 aliphatic rings. The summed E-state index contributed by atoms with van der Waals surface area (Å²) in [7, 11) is 0. The van der Waals surface area contributed by atoms with Gasteiger partial charge in [-0.1, -0.05) is 36.4 Å². The molecule has 3 aromatic rings. The molecule has 0 aliphatic carbocycles. The Kier molecular flexibility index (Phi) is 12.6. The first-order chi connectivity index (χ1) is 18.3. The number of aromatic nitrogens is 1. The standard InChI is InChI=1S/C29H36N4O4/c1-24-22-28(31-14-8-16-34-18-20-36-25-10-4-2-5-11-25)33-29(27(24)23-30)32-15-9-17-35-19-21-37-26-12-6-3-7-13-26/h2-7,10-13,22H,8-9,14-21H2,1H3,(H2,31,32,33). The number of pyridine rings is 1. The van der Waals surface area contributed by atoms with Crippen molar-refractivity contribution in [1.82, 2.24) is 4.98 Å². The average molecular weight is 505 g/mol. The van der Waals surface area contributed by atoms with E-state index in [1.165, 1.54) is 0 Å². The van der Waals surface area contributed by atoms with E-state index >= 15 is 0 Å². The molecule has 37 heavy (non-hydrogen) atoms. The highest BCUT2D eigenvalue weighted by Crippen LogP contribution is 2.20. The number of anilines is 2. The Hall–Kier alpha value is -3.80. The summed E-state index contributed by atoms with van der Waals surface area (Å²) in [5.74, 6) is 3.01. The number of nitrogens with zero attached hydrogens (tertiary/aromatic N) is 2. The summed E-state index contributed by atoms with van der Waals surface area (Å²) in [4.78, 5) is 4.60. The van der Waals surface area contributed by atoms with Crippen LogP contribution in [0.3, 0.4) is 0 Å². The van der Waals surface area contributed by atoms with Gasteiger partial charge in [-0.2, -0.15) is 5.26 Å². The lowest BCUT2D eigenvalue weighted by Gasteiger charge is -2.13. The third-order valence-electron chi connectivity index (χ3n) is 5.34. The van der Waals surface area contributed by atoms with Gasteiger partial charge in [0.05, 0.1) is 18.8 Å². The molecule has 0 fully saturated rings. The van der Waals surface area contributed by atoms with Crippen molar-refractivity contribution < 1.29 is 18.9 Å². The van der Waals surface area contributed by atoms with Gasteiger partial charge >= 0.3 is 0 Å². The molecule has 0 radical (unpaired) electrons. The Bertz CT molecular complexity index is 1070. The van der Waals surface area contributed by atoms with Gasteiger partial charge in [0.15, 0.2) is 0 Å². The van der Waals surface area contributed by atoms with E-state index in [0.29, 0.717) is 57.6 Å². The highest BCUT2D eigenvalue weighted by molar-refractivity contribution is 5.60. The van der Waals surface area contributed by atoms with Gasteiger partial charge in [-0.3, -0.25) is 0 Å². The number of aryl methyl sites for hydroxylation is 1. The summed E-state index contributed by atoms with van der Waals surface area (Å²) >= 11 is 0. The lowest BCUT2D eigenvalue weighted by atomic mass is 10.1. The second kappa shape index (κ2) is 16.8.